The molecule has 0 unspecified atom stereocenters. The molecule has 0 saturated carbocycles. The maximum atomic E-state index is 12.1. The lowest BCUT2D eigenvalue weighted by atomic mass is 10.2. The number of aromatic carboxylic acids is 1. The molecule has 9 heteroatoms. The van der Waals surface area contributed by atoms with Crippen molar-refractivity contribution < 1.29 is 27.8 Å². The van der Waals surface area contributed by atoms with Gasteiger partial charge < -0.3 is 9.84 Å². The number of rotatable bonds is 3. The van der Waals surface area contributed by atoms with E-state index < -0.39 is 23.8 Å². The van der Waals surface area contributed by atoms with Gasteiger partial charge in [-0.25, -0.2) is 9.78 Å². The Hall–Kier alpha value is -0.580. The van der Waals surface area contributed by atoms with Gasteiger partial charge in [0.2, 0.25) is 0 Å². The summed E-state index contributed by atoms with van der Waals surface area (Å²) in [7, 11) is 0. The summed E-state index contributed by atoms with van der Waals surface area (Å²) in [5, 5.41) is 8.71. The van der Waals surface area contributed by atoms with Crippen LogP contribution in [0.1, 0.15) is 16.1 Å². The number of carboxylic acids is 1. The van der Waals surface area contributed by atoms with Crippen molar-refractivity contribution in [2.24, 2.45) is 0 Å². The Morgan fingerprint density at radius 3 is 2.59 bits per heavy atom. The second kappa shape index (κ2) is 5.38. The van der Waals surface area contributed by atoms with Gasteiger partial charge in [-0.05, 0) is 22.6 Å². The lowest BCUT2D eigenvalue weighted by Gasteiger charge is -2.13. The number of halogens is 5. The van der Waals surface area contributed by atoms with Crippen LogP contribution < -0.4 is 4.74 Å². The topological polar surface area (TPSA) is 59.4 Å². The smallest absolute Gasteiger partial charge is 0.476 e. The lowest BCUT2D eigenvalue weighted by Crippen LogP contribution is -2.19. The zero-order chi connectivity index (χ0) is 13.2. The third-order valence-electron chi connectivity index (χ3n) is 1.61. The predicted molar refractivity (Wildman–Crippen MR) is 63.2 cm³/mol. The molecule has 0 aromatic carbocycles. The van der Waals surface area contributed by atoms with Crippen molar-refractivity contribution in [1.29, 1.82) is 0 Å². The normalized spacial score (nSPS) is 11.4. The van der Waals surface area contributed by atoms with Crippen LogP contribution in [0, 0.1) is 3.70 Å². The van der Waals surface area contributed by atoms with Gasteiger partial charge in [0.1, 0.15) is 9.45 Å². The first-order chi connectivity index (χ1) is 7.74. The Bertz CT molecular complexity index is 452. The monoisotopic (exact) mass is 425 g/mol. The van der Waals surface area contributed by atoms with Crippen LogP contribution in [0.15, 0.2) is 6.07 Å². The first-order valence-electron chi connectivity index (χ1n) is 3.99. The summed E-state index contributed by atoms with van der Waals surface area (Å²) in [5.41, 5.74) is -0.622. The second-order valence-electron chi connectivity index (χ2n) is 2.76. The van der Waals surface area contributed by atoms with E-state index in [0.717, 1.165) is 6.07 Å². The fourth-order valence-corrected chi connectivity index (χ4v) is 2.11. The molecule has 0 aliphatic rings. The van der Waals surface area contributed by atoms with Crippen molar-refractivity contribution in [3.8, 4) is 5.75 Å². The molecule has 0 spiro atoms. The van der Waals surface area contributed by atoms with Crippen LogP contribution >= 0.6 is 38.5 Å². The van der Waals surface area contributed by atoms with Crippen LogP contribution in [-0.2, 0) is 5.33 Å². The molecule has 0 saturated heterocycles. The highest BCUT2D eigenvalue weighted by Crippen LogP contribution is 2.30. The zero-order valence-corrected chi connectivity index (χ0v) is 11.6. The summed E-state index contributed by atoms with van der Waals surface area (Å²) >= 11 is 4.52. The summed E-state index contributed by atoms with van der Waals surface area (Å²) in [5.74, 6) is -1.98. The van der Waals surface area contributed by atoms with E-state index in [1.54, 1.807) is 22.6 Å². The van der Waals surface area contributed by atoms with E-state index in [9.17, 15) is 18.0 Å². The van der Waals surface area contributed by atoms with Gasteiger partial charge in [-0.1, -0.05) is 15.9 Å². The maximum Gasteiger partial charge on any atom is 0.573 e. The van der Waals surface area contributed by atoms with E-state index in [0.29, 0.717) is 0 Å². The summed E-state index contributed by atoms with van der Waals surface area (Å²) in [6.45, 7) is 0. The molecule has 0 radical (unpaired) electrons. The number of ether oxygens (including phenoxy) is 1. The molecule has 17 heavy (non-hydrogen) atoms. The zero-order valence-electron chi connectivity index (χ0n) is 7.89. The lowest BCUT2D eigenvalue weighted by molar-refractivity contribution is -0.274. The predicted octanol–water partition coefficient (Wildman–Crippen LogP) is 3.18. The first kappa shape index (κ1) is 14.5. The molecular formula is C8H4BrF3INO3. The number of carbonyl (C=O) groups is 1. The minimum Gasteiger partial charge on any atom is -0.476 e. The molecule has 0 atom stereocenters. The number of nitrogens with zero attached hydrogens (tertiary/aromatic N) is 1. The maximum absolute atomic E-state index is 12.1. The average molecular weight is 426 g/mol. The third-order valence-corrected chi connectivity index (χ3v) is 2.73. The Morgan fingerprint density at radius 2 is 2.18 bits per heavy atom. The van der Waals surface area contributed by atoms with Crippen LogP contribution in [0.5, 0.6) is 5.75 Å². The van der Waals surface area contributed by atoms with E-state index in [2.05, 4.69) is 25.7 Å². The molecule has 0 fully saturated rings. The molecule has 1 aromatic heterocycles. The van der Waals surface area contributed by atoms with Gasteiger partial charge >= 0.3 is 12.3 Å². The third kappa shape index (κ3) is 3.98. The van der Waals surface area contributed by atoms with E-state index in [4.69, 9.17) is 5.11 Å². The van der Waals surface area contributed by atoms with Crippen LogP contribution in [-0.4, -0.2) is 22.4 Å². The molecule has 1 heterocycles. The van der Waals surface area contributed by atoms with Crippen LogP contribution in [0.2, 0.25) is 0 Å². The highest BCUT2D eigenvalue weighted by atomic mass is 127. The molecule has 1 N–H and O–H groups in total. The highest BCUT2D eigenvalue weighted by molar-refractivity contribution is 14.1. The van der Waals surface area contributed by atoms with E-state index in [1.165, 1.54) is 0 Å². The highest BCUT2D eigenvalue weighted by Gasteiger charge is 2.33. The Labute approximate surface area is 115 Å². The SMILES string of the molecule is O=C(O)c1nc(I)cc(OC(F)(F)F)c1CBr. The summed E-state index contributed by atoms with van der Waals surface area (Å²) in [6, 6.07) is 1.02. The quantitative estimate of drug-likeness (QED) is 0.459. The fourth-order valence-electron chi connectivity index (χ4n) is 1.04. The average Bonchev–Trinajstić information content (AvgIpc) is 2.14. The van der Waals surface area contributed by atoms with Crippen molar-refractivity contribution in [3.05, 3.63) is 21.0 Å². The molecule has 94 valence electrons. The van der Waals surface area contributed by atoms with Crippen LogP contribution in [0.25, 0.3) is 0 Å². The fraction of sp³-hybridized carbons (Fsp3) is 0.250. The van der Waals surface area contributed by atoms with Gasteiger partial charge in [0.15, 0.2) is 5.69 Å². The van der Waals surface area contributed by atoms with Crippen molar-refractivity contribution in [2.45, 2.75) is 11.7 Å². The van der Waals surface area contributed by atoms with E-state index in [-0.39, 0.29) is 14.6 Å². The van der Waals surface area contributed by atoms with E-state index in [1.807, 2.05) is 0 Å². The number of aromatic nitrogens is 1. The molecule has 4 nitrogen and oxygen atoms in total. The van der Waals surface area contributed by atoms with Gasteiger partial charge in [-0.2, -0.15) is 0 Å². The molecule has 1 aromatic rings. The molecule has 1 rings (SSSR count). The van der Waals surface area contributed by atoms with Crippen molar-refractivity contribution in [2.75, 3.05) is 0 Å². The van der Waals surface area contributed by atoms with E-state index >= 15 is 0 Å². The summed E-state index contributed by atoms with van der Waals surface area (Å²) in [6.07, 6.45) is -4.88. The molecule has 0 aliphatic carbocycles. The number of alkyl halides is 4. The Kier molecular flexibility index (Phi) is 4.58. The number of carboxylic acid groups (broad SMARTS) is 1. The second-order valence-corrected chi connectivity index (χ2v) is 4.42. The summed E-state index contributed by atoms with van der Waals surface area (Å²) < 4.78 is 40.2. The van der Waals surface area contributed by atoms with Crippen molar-refractivity contribution in [3.63, 3.8) is 0 Å². The molecular weight excluding hydrogens is 422 g/mol. The van der Waals surface area contributed by atoms with Crippen LogP contribution in [0.3, 0.4) is 0 Å². The minimum absolute atomic E-state index is 0.101. The van der Waals surface area contributed by atoms with Crippen molar-refractivity contribution in [1.82, 2.24) is 4.98 Å². The number of pyridine rings is 1. The largest absolute Gasteiger partial charge is 0.573 e. The van der Waals surface area contributed by atoms with Gasteiger partial charge in [-0.3, -0.25) is 0 Å². The first-order valence-corrected chi connectivity index (χ1v) is 6.19. The van der Waals surface area contributed by atoms with Crippen LogP contribution in [0.4, 0.5) is 13.2 Å². The summed E-state index contributed by atoms with van der Waals surface area (Å²) in [4.78, 5) is 14.5. The van der Waals surface area contributed by atoms with Gasteiger partial charge in [0.05, 0.1) is 0 Å². The Balaban J connectivity index is 3.33. The number of hydrogen-bond donors (Lipinski definition) is 1. The molecule has 0 amide bonds. The molecule has 0 bridgehead atoms. The Morgan fingerprint density at radius 1 is 1.59 bits per heavy atom. The van der Waals surface area contributed by atoms with Gasteiger partial charge in [0.25, 0.3) is 0 Å². The number of hydrogen-bond acceptors (Lipinski definition) is 3. The van der Waals surface area contributed by atoms with Gasteiger partial charge in [-0.15, -0.1) is 13.2 Å². The van der Waals surface area contributed by atoms with Gasteiger partial charge in [0, 0.05) is 17.0 Å². The molecule has 0 aliphatic heterocycles. The minimum atomic E-state index is -4.88. The standard InChI is InChI=1S/C8H4BrF3INO3/c9-2-3-4(17-8(10,11)12)1-5(13)14-6(3)7(15)16/h1H,2H2,(H,15,16). The van der Waals surface area contributed by atoms with Crippen molar-refractivity contribution >= 4 is 44.5 Å².